The monoisotopic (exact) mass is 330 g/mol. The van der Waals surface area contributed by atoms with Crippen molar-refractivity contribution >= 4 is 5.97 Å². The van der Waals surface area contributed by atoms with Crippen LogP contribution in [0.25, 0.3) is 0 Å². The fourth-order valence-electron chi connectivity index (χ4n) is 2.51. The van der Waals surface area contributed by atoms with Crippen LogP contribution in [0.1, 0.15) is 66.2 Å². The van der Waals surface area contributed by atoms with Gasteiger partial charge in [0.05, 0.1) is 19.2 Å². The van der Waals surface area contributed by atoms with Gasteiger partial charge in [-0.2, -0.15) is 0 Å². The van der Waals surface area contributed by atoms with Gasteiger partial charge >= 0.3 is 5.97 Å². The molecule has 23 heavy (non-hydrogen) atoms. The third-order valence-electron chi connectivity index (χ3n) is 4.36. The van der Waals surface area contributed by atoms with E-state index in [9.17, 15) is 10.0 Å². The van der Waals surface area contributed by atoms with Crippen LogP contribution in [0, 0.1) is 5.92 Å². The number of hydrogen-bond donors (Lipinski definition) is 1. The van der Waals surface area contributed by atoms with Gasteiger partial charge < -0.3 is 9.57 Å². The molecule has 1 fully saturated rings. The number of ether oxygens (including phenoxy) is 1. The highest BCUT2D eigenvalue weighted by Crippen LogP contribution is 2.29. The maximum absolute atomic E-state index is 11.4. The van der Waals surface area contributed by atoms with E-state index in [2.05, 4.69) is 5.28 Å². The van der Waals surface area contributed by atoms with Crippen LogP contribution in [0.15, 0.2) is 5.28 Å². The Kier molecular flexibility index (Phi) is 7.58. The summed E-state index contributed by atoms with van der Waals surface area (Å²) in [6.07, 6.45) is 5.21. The van der Waals surface area contributed by atoms with Gasteiger partial charge in [-0.1, -0.05) is 0 Å². The fraction of sp³-hybridized carbons (Fsp3) is 0.938. The topological polar surface area (TPSA) is 74.4 Å². The zero-order valence-electron chi connectivity index (χ0n) is 15.1. The molecule has 1 aliphatic rings. The van der Waals surface area contributed by atoms with E-state index < -0.39 is 0 Å². The van der Waals surface area contributed by atoms with Gasteiger partial charge in [0.25, 0.3) is 10.2 Å². The van der Waals surface area contributed by atoms with Crippen molar-refractivity contribution in [3.05, 3.63) is 0 Å². The van der Waals surface area contributed by atoms with E-state index in [0.717, 1.165) is 37.1 Å². The Morgan fingerprint density at radius 1 is 1.30 bits per heavy atom. The molecule has 1 N–H and O–H groups in total. The summed E-state index contributed by atoms with van der Waals surface area (Å²) in [6, 6.07) is 0. The molecule has 0 bridgehead atoms. The number of carbonyl (C=O) groups is 1. The molecule has 1 rings (SSSR count). The number of esters is 1. The Morgan fingerprint density at radius 2 is 1.91 bits per heavy atom. The average Bonchev–Trinajstić information content (AvgIpc) is 2.50. The van der Waals surface area contributed by atoms with Crippen LogP contribution in [-0.2, 0) is 14.4 Å². The van der Waals surface area contributed by atoms with Crippen LogP contribution in [0.3, 0.4) is 0 Å². The minimum atomic E-state index is -0.244. The molecule has 7 heteroatoms. The first-order chi connectivity index (χ1) is 10.7. The lowest BCUT2D eigenvalue weighted by Crippen LogP contribution is -2.43. The van der Waals surface area contributed by atoms with Crippen molar-refractivity contribution in [3.8, 4) is 0 Å². The van der Waals surface area contributed by atoms with E-state index in [1.807, 2.05) is 27.7 Å². The van der Waals surface area contributed by atoms with Crippen LogP contribution in [0.4, 0.5) is 0 Å². The Morgan fingerprint density at radius 3 is 2.43 bits per heavy atom. The maximum Gasteiger partial charge on any atom is 0.305 e. The molecule has 0 heterocycles. The summed E-state index contributed by atoms with van der Waals surface area (Å²) in [4.78, 5) is 17.6. The van der Waals surface area contributed by atoms with Crippen molar-refractivity contribution in [2.45, 2.75) is 77.9 Å². The van der Waals surface area contributed by atoms with E-state index in [1.165, 1.54) is 0 Å². The summed E-state index contributed by atoms with van der Waals surface area (Å²) >= 11 is 0. The molecular formula is C16H32N3O4+. The lowest BCUT2D eigenvalue weighted by molar-refractivity contribution is -0.946. The summed E-state index contributed by atoms with van der Waals surface area (Å²) in [7, 11) is 1.75. The molecule has 7 nitrogen and oxygen atoms in total. The molecule has 1 aliphatic carbocycles. The molecule has 0 unspecified atom stereocenters. The molecule has 0 saturated heterocycles. The lowest BCUT2D eigenvalue weighted by Gasteiger charge is -2.26. The van der Waals surface area contributed by atoms with Crippen molar-refractivity contribution in [3.63, 3.8) is 0 Å². The van der Waals surface area contributed by atoms with Crippen molar-refractivity contribution in [1.82, 2.24) is 5.01 Å². The van der Waals surface area contributed by atoms with Gasteiger partial charge in [-0.25, -0.2) is 5.21 Å². The standard InChI is InChI=1S/C16H32N3O4/c1-6-22-15(20)12-9-13-7-10-14(11-8-13)23-17-19(21)18(5)16(2,3)4/h13-14H,6-12H2,1-5H3,(H,17,21)/q+1. The molecule has 1 saturated carbocycles. The smallest absolute Gasteiger partial charge is 0.305 e. The maximum atomic E-state index is 11.4. The van der Waals surface area contributed by atoms with Crippen molar-refractivity contribution in [1.29, 1.82) is 0 Å². The molecule has 0 aliphatic heterocycles. The SMILES string of the molecule is CCOC(=O)CCC1CCC(O/N=[N+](\O)N(C)C(C)(C)C)CC1. The normalized spacial score (nSPS) is 22.6. The third kappa shape index (κ3) is 7.05. The van der Waals surface area contributed by atoms with Gasteiger partial charge in [0.2, 0.25) is 0 Å². The first-order valence-corrected chi connectivity index (χ1v) is 8.49. The van der Waals surface area contributed by atoms with E-state index in [1.54, 1.807) is 12.1 Å². The first kappa shape index (κ1) is 19.5. The minimum Gasteiger partial charge on any atom is -0.466 e. The number of nitrogens with zero attached hydrogens (tertiary/aromatic N) is 3. The molecular weight excluding hydrogens is 298 g/mol. The van der Waals surface area contributed by atoms with Crippen LogP contribution >= 0.6 is 0 Å². The number of hydrazine groups is 1. The molecule has 0 atom stereocenters. The second-order valence-corrected chi connectivity index (χ2v) is 7.14. The zero-order chi connectivity index (χ0) is 17.5. The largest absolute Gasteiger partial charge is 0.466 e. The van der Waals surface area contributed by atoms with Gasteiger partial charge in [-0.15, -0.1) is 5.01 Å². The van der Waals surface area contributed by atoms with Gasteiger partial charge in [-0.05, 0) is 65.7 Å². The van der Waals surface area contributed by atoms with Crippen molar-refractivity contribution < 1.29 is 24.5 Å². The van der Waals surface area contributed by atoms with Crippen LogP contribution in [0.2, 0.25) is 0 Å². The van der Waals surface area contributed by atoms with Gasteiger partial charge in [0.15, 0.2) is 0 Å². The third-order valence-corrected chi connectivity index (χ3v) is 4.36. The highest BCUT2D eigenvalue weighted by Gasteiger charge is 2.29. The lowest BCUT2D eigenvalue weighted by atomic mass is 9.84. The molecule has 134 valence electrons. The average molecular weight is 330 g/mol. The summed E-state index contributed by atoms with van der Waals surface area (Å²) in [6.45, 7) is 8.19. The number of hydrogen-bond acceptors (Lipinski definition) is 4. The summed E-state index contributed by atoms with van der Waals surface area (Å²) in [5, 5.41) is 15.2. The van der Waals surface area contributed by atoms with Crippen LogP contribution in [0.5, 0.6) is 0 Å². The summed E-state index contributed by atoms with van der Waals surface area (Å²) in [5.74, 6) is 0.434. The Hall–Kier alpha value is -1.53. The molecule has 0 aromatic heterocycles. The second-order valence-electron chi connectivity index (χ2n) is 7.14. The van der Waals surface area contributed by atoms with Gasteiger partial charge in [-0.3, -0.25) is 4.79 Å². The molecule has 0 aromatic rings. The fourth-order valence-corrected chi connectivity index (χ4v) is 2.51. The first-order valence-electron chi connectivity index (χ1n) is 8.49. The van der Waals surface area contributed by atoms with Gasteiger partial charge in [0.1, 0.15) is 6.10 Å². The van der Waals surface area contributed by atoms with E-state index in [-0.39, 0.29) is 17.6 Å². The number of carbonyl (C=O) groups excluding carboxylic acids is 1. The summed E-state index contributed by atoms with van der Waals surface area (Å²) in [5.41, 5.74) is -0.244. The van der Waals surface area contributed by atoms with Gasteiger partial charge in [0, 0.05) is 6.42 Å². The Labute approximate surface area is 139 Å². The summed E-state index contributed by atoms with van der Waals surface area (Å²) < 4.78 is 4.95. The van der Waals surface area contributed by atoms with Crippen molar-refractivity contribution in [2.24, 2.45) is 11.2 Å². The van der Waals surface area contributed by atoms with E-state index in [4.69, 9.17) is 9.57 Å². The highest BCUT2D eigenvalue weighted by molar-refractivity contribution is 5.69. The van der Waals surface area contributed by atoms with Crippen LogP contribution < -0.4 is 0 Å². The second kappa shape index (κ2) is 8.93. The number of rotatable bonds is 7. The van der Waals surface area contributed by atoms with E-state index >= 15 is 0 Å². The van der Waals surface area contributed by atoms with Crippen LogP contribution in [-0.4, -0.2) is 46.5 Å². The molecule has 0 aromatic carbocycles. The Balaban J connectivity index is 2.30. The quantitative estimate of drug-likeness (QED) is 0.335. The van der Waals surface area contributed by atoms with Crippen molar-refractivity contribution in [2.75, 3.05) is 13.7 Å². The minimum absolute atomic E-state index is 0.0249. The predicted molar refractivity (Wildman–Crippen MR) is 84.7 cm³/mol. The Bertz CT molecular complexity index is 399. The molecule has 0 spiro atoms. The highest BCUT2D eigenvalue weighted by atomic mass is 16.7. The molecule has 0 amide bonds. The van der Waals surface area contributed by atoms with E-state index in [0.29, 0.717) is 18.9 Å². The zero-order valence-corrected chi connectivity index (χ0v) is 15.1. The molecule has 0 radical (unpaired) electrons. The predicted octanol–water partition coefficient (Wildman–Crippen LogP) is 3.32.